The van der Waals surface area contributed by atoms with Crippen LogP contribution in [0.25, 0.3) is 0 Å². The van der Waals surface area contributed by atoms with E-state index in [-0.39, 0.29) is 0 Å². The van der Waals surface area contributed by atoms with Crippen LogP contribution in [0.1, 0.15) is 0 Å². The second-order valence-corrected chi connectivity index (χ2v) is 3.40. The number of anilines is 1. The van der Waals surface area contributed by atoms with Crippen LogP contribution >= 0.6 is 11.9 Å². The van der Waals surface area contributed by atoms with Gasteiger partial charge in [0.2, 0.25) is 0 Å². The van der Waals surface area contributed by atoms with Crippen molar-refractivity contribution in [1.82, 2.24) is 19.6 Å². The highest BCUT2D eigenvalue weighted by Gasteiger charge is 1.97. The van der Waals surface area contributed by atoms with E-state index in [1.54, 1.807) is 4.09 Å². The van der Waals surface area contributed by atoms with Crippen molar-refractivity contribution in [3.63, 3.8) is 0 Å². The summed E-state index contributed by atoms with van der Waals surface area (Å²) in [6.45, 7) is 0. The molecule has 0 aliphatic carbocycles. The van der Waals surface area contributed by atoms with Gasteiger partial charge in [-0.2, -0.15) is 4.09 Å². The molecule has 1 aromatic carbocycles. The lowest BCUT2D eigenvalue weighted by atomic mass is 10.3. The molecule has 2 aromatic rings. The van der Waals surface area contributed by atoms with Gasteiger partial charge in [-0.3, -0.25) is 0 Å². The van der Waals surface area contributed by atoms with Crippen LogP contribution in [0.4, 0.5) is 5.69 Å². The van der Waals surface area contributed by atoms with Gasteiger partial charge in [0.15, 0.2) is 6.33 Å². The smallest absolute Gasteiger partial charge is 0.151 e. The molecule has 1 heterocycles. The van der Waals surface area contributed by atoms with Gasteiger partial charge in [-0.25, -0.2) is 0 Å². The molecular formula is C7H7N5S. The fraction of sp³-hybridized carbons (Fsp3) is 0. The maximum Gasteiger partial charge on any atom is 0.151 e. The monoisotopic (exact) mass is 193 g/mol. The van der Waals surface area contributed by atoms with E-state index in [1.165, 1.54) is 18.3 Å². The Hall–Kier alpha value is -1.56. The number of aromatic nitrogens is 4. The molecule has 0 aliphatic rings. The van der Waals surface area contributed by atoms with Gasteiger partial charge in [-0.05, 0) is 28.6 Å². The molecule has 5 nitrogen and oxygen atoms in total. The van der Waals surface area contributed by atoms with Crippen LogP contribution in [0.5, 0.6) is 0 Å². The highest BCUT2D eigenvalue weighted by Crippen LogP contribution is 2.19. The second kappa shape index (κ2) is 3.44. The van der Waals surface area contributed by atoms with E-state index >= 15 is 0 Å². The van der Waals surface area contributed by atoms with Gasteiger partial charge in [0.1, 0.15) is 0 Å². The van der Waals surface area contributed by atoms with Gasteiger partial charge in [0, 0.05) is 22.5 Å². The van der Waals surface area contributed by atoms with Gasteiger partial charge in [0.25, 0.3) is 0 Å². The number of rotatable bonds is 2. The van der Waals surface area contributed by atoms with E-state index in [4.69, 9.17) is 5.73 Å². The Morgan fingerprint density at radius 2 is 2.31 bits per heavy atom. The SMILES string of the molecule is Nc1cccc(Sn2cnnn2)c1. The van der Waals surface area contributed by atoms with Crippen molar-refractivity contribution < 1.29 is 0 Å². The zero-order valence-electron chi connectivity index (χ0n) is 6.66. The van der Waals surface area contributed by atoms with Crippen molar-refractivity contribution in [1.29, 1.82) is 0 Å². The molecule has 2 rings (SSSR count). The van der Waals surface area contributed by atoms with Crippen LogP contribution in [0.15, 0.2) is 35.5 Å². The summed E-state index contributed by atoms with van der Waals surface area (Å²) in [6.07, 6.45) is 1.54. The van der Waals surface area contributed by atoms with Crippen molar-refractivity contribution in [2.45, 2.75) is 4.90 Å². The minimum atomic E-state index is 0.734. The molecular weight excluding hydrogens is 186 g/mol. The van der Waals surface area contributed by atoms with E-state index in [0.717, 1.165) is 10.6 Å². The van der Waals surface area contributed by atoms with Crippen LogP contribution in [-0.2, 0) is 0 Å². The van der Waals surface area contributed by atoms with Crippen molar-refractivity contribution >= 4 is 17.6 Å². The first-order chi connectivity index (χ1) is 6.34. The lowest BCUT2D eigenvalue weighted by Crippen LogP contribution is -1.89. The van der Waals surface area contributed by atoms with Crippen LogP contribution in [0, 0.1) is 0 Å². The maximum absolute atomic E-state index is 5.61. The molecule has 0 amide bonds. The minimum absolute atomic E-state index is 0.734. The van der Waals surface area contributed by atoms with Crippen molar-refractivity contribution in [3.05, 3.63) is 30.6 Å². The molecule has 13 heavy (non-hydrogen) atoms. The summed E-state index contributed by atoms with van der Waals surface area (Å²) < 4.78 is 1.56. The topological polar surface area (TPSA) is 69.6 Å². The number of hydrogen-bond acceptors (Lipinski definition) is 5. The fourth-order valence-electron chi connectivity index (χ4n) is 0.874. The molecule has 1 aromatic heterocycles. The standard InChI is InChI=1S/C7H7N5S/c8-6-2-1-3-7(4-6)13-12-5-9-10-11-12/h1-5H,8H2. The number of nitrogens with zero attached hydrogens (tertiary/aromatic N) is 4. The summed E-state index contributed by atoms with van der Waals surface area (Å²) in [5.74, 6) is 0. The Bertz CT molecular complexity index is 386. The molecule has 0 radical (unpaired) electrons. The second-order valence-electron chi connectivity index (χ2n) is 2.38. The van der Waals surface area contributed by atoms with E-state index in [0.29, 0.717) is 0 Å². The van der Waals surface area contributed by atoms with E-state index < -0.39 is 0 Å². The number of benzene rings is 1. The van der Waals surface area contributed by atoms with Crippen LogP contribution in [0.2, 0.25) is 0 Å². The molecule has 2 N–H and O–H groups in total. The lowest BCUT2D eigenvalue weighted by Gasteiger charge is -1.99. The number of nitrogens with two attached hydrogens (primary N) is 1. The molecule has 0 bridgehead atoms. The molecule has 6 heteroatoms. The molecule has 66 valence electrons. The van der Waals surface area contributed by atoms with E-state index in [1.807, 2.05) is 24.3 Å². The maximum atomic E-state index is 5.61. The number of nitrogen functional groups attached to an aromatic ring is 1. The minimum Gasteiger partial charge on any atom is -0.399 e. The van der Waals surface area contributed by atoms with E-state index in [9.17, 15) is 0 Å². The van der Waals surface area contributed by atoms with Crippen LogP contribution in [0.3, 0.4) is 0 Å². The summed E-state index contributed by atoms with van der Waals surface area (Å²) in [5.41, 5.74) is 6.35. The quantitative estimate of drug-likeness (QED) is 0.715. The van der Waals surface area contributed by atoms with Gasteiger partial charge < -0.3 is 5.73 Å². The first-order valence-corrected chi connectivity index (χ1v) is 4.39. The summed E-state index contributed by atoms with van der Waals surface area (Å²) in [5, 5.41) is 10.8. The zero-order chi connectivity index (χ0) is 9.10. The molecule has 0 saturated carbocycles. The Balaban J connectivity index is 2.19. The first kappa shape index (κ1) is 8.06. The Labute approximate surface area is 79.1 Å². The van der Waals surface area contributed by atoms with E-state index in [2.05, 4.69) is 15.5 Å². The fourth-order valence-corrected chi connectivity index (χ4v) is 1.58. The van der Waals surface area contributed by atoms with Crippen molar-refractivity contribution in [2.75, 3.05) is 5.73 Å². The van der Waals surface area contributed by atoms with Gasteiger partial charge in [0.05, 0.1) is 0 Å². The Morgan fingerprint density at radius 1 is 1.38 bits per heavy atom. The van der Waals surface area contributed by atoms with Gasteiger partial charge in [-0.1, -0.05) is 6.07 Å². The predicted octanol–water partition coefficient (Wildman–Crippen LogP) is 0.811. The average Bonchev–Trinajstić information content (AvgIpc) is 2.57. The first-order valence-electron chi connectivity index (χ1n) is 3.61. The van der Waals surface area contributed by atoms with Crippen LogP contribution < -0.4 is 5.73 Å². The molecule has 0 atom stereocenters. The molecule has 0 unspecified atom stereocenters. The largest absolute Gasteiger partial charge is 0.399 e. The molecule has 0 spiro atoms. The van der Waals surface area contributed by atoms with Crippen molar-refractivity contribution in [3.8, 4) is 0 Å². The normalized spacial score (nSPS) is 10.2. The van der Waals surface area contributed by atoms with Crippen molar-refractivity contribution in [2.24, 2.45) is 0 Å². The molecule has 0 aliphatic heterocycles. The highest BCUT2D eigenvalue weighted by molar-refractivity contribution is 7.97. The van der Waals surface area contributed by atoms with Gasteiger partial charge >= 0.3 is 0 Å². The summed E-state index contributed by atoms with van der Waals surface area (Å²) in [4.78, 5) is 1.01. The molecule has 0 saturated heterocycles. The summed E-state index contributed by atoms with van der Waals surface area (Å²) in [6, 6.07) is 7.54. The summed E-state index contributed by atoms with van der Waals surface area (Å²) >= 11 is 1.41. The number of tetrazole rings is 1. The Kier molecular flexibility index (Phi) is 2.13. The van der Waals surface area contributed by atoms with Gasteiger partial charge in [-0.15, -0.1) is 5.10 Å². The summed E-state index contributed by atoms with van der Waals surface area (Å²) in [7, 11) is 0. The lowest BCUT2D eigenvalue weighted by molar-refractivity contribution is 0.852. The third kappa shape index (κ3) is 1.97. The Morgan fingerprint density at radius 3 is 3.00 bits per heavy atom. The molecule has 0 fully saturated rings. The number of hydrogen-bond donors (Lipinski definition) is 1. The highest BCUT2D eigenvalue weighted by atomic mass is 32.2. The zero-order valence-corrected chi connectivity index (χ0v) is 7.48. The average molecular weight is 193 g/mol. The predicted molar refractivity (Wildman–Crippen MR) is 49.9 cm³/mol. The third-order valence-corrected chi connectivity index (χ3v) is 2.21. The van der Waals surface area contributed by atoms with Crippen LogP contribution in [-0.4, -0.2) is 19.6 Å². The third-order valence-electron chi connectivity index (χ3n) is 1.39.